The maximum atomic E-state index is 13.1. The summed E-state index contributed by atoms with van der Waals surface area (Å²) in [6.07, 6.45) is 0.410. The van der Waals surface area contributed by atoms with Crippen molar-refractivity contribution in [2.45, 2.75) is 61.9 Å². The summed E-state index contributed by atoms with van der Waals surface area (Å²) in [7, 11) is -2.07. The highest BCUT2D eigenvalue weighted by molar-refractivity contribution is 7.91. The van der Waals surface area contributed by atoms with E-state index in [0.29, 0.717) is 12.8 Å². The molecule has 0 aliphatic carbocycles. The predicted octanol–water partition coefficient (Wildman–Crippen LogP) is 3.58. The van der Waals surface area contributed by atoms with Crippen LogP contribution in [0.5, 0.6) is 0 Å². The second-order valence-corrected chi connectivity index (χ2v) is 10.6. The van der Waals surface area contributed by atoms with Gasteiger partial charge in [-0.2, -0.15) is 0 Å². The van der Waals surface area contributed by atoms with E-state index in [-0.39, 0.29) is 30.2 Å². The molecule has 0 bridgehead atoms. The first kappa shape index (κ1) is 26.2. The summed E-state index contributed by atoms with van der Waals surface area (Å²) in [5.74, 6) is -0.587. The summed E-state index contributed by atoms with van der Waals surface area (Å²) < 4.78 is 48.5. The number of carbonyl (C=O) groups excluding carboxylic acids is 2. The van der Waals surface area contributed by atoms with Crippen LogP contribution in [0.1, 0.15) is 32.6 Å². The van der Waals surface area contributed by atoms with E-state index in [0.717, 1.165) is 11.3 Å². The number of hydrogen-bond acceptors (Lipinski definition) is 8. The number of cyclic esters (lactones) is 1. The SMILES string of the molecule is C=CC[C@@H]1O[C@H](C[C@H]2CN(C(=O)OCCCC)C(=O)O2)[C@H](OC)[C@H]1CS(=O)(=O)c1ccccc1. The minimum Gasteiger partial charge on any atom is -0.449 e. The molecule has 2 fully saturated rings. The topological polar surface area (TPSA) is 108 Å². The minimum absolute atomic E-state index is 0.0409. The van der Waals surface area contributed by atoms with Crippen molar-refractivity contribution in [3.05, 3.63) is 43.0 Å². The van der Waals surface area contributed by atoms with Gasteiger partial charge in [-0.3, -0.25) is 0 Å². The first-order valence-corrected chi connectivity index (χ1v) is 13.2. The Labute approximate surface area is 200 Å². The summed E-state index contributed by atoms with van der Waals surface area (Å²) in [5, 5.41) is 0. The largest absolute Gasteiger partial charge is 0.449 e. The van der Waals surface area contributed by atoms with E-state index in [9.17, 15) is 18.0 Å². The zero-order valence-corrected chi connectivity index (χ0v) is 20.4. The molecule has 0 radical (unpaired) electrons. The molecule has 0 aromatic heterocycles. The molecule has 10 heteroatoms. The van der Waals surface area contributed by atoms with E-state index in [1.807, 2.05) is 6.92 Å². The Kier molecular flexibility index (Phi) is 9.10. The van der Waals surface area contributed by atoms with Crippen LogP contribution in [0, 0.1) is 5.92 Å². The third-order valence-corrected chi connectivity index (χ3v) is 7.93. The number of rotatable bonds is 11. The van der Waals surface area contributed by atoms with E-state index >= 15 is 0 Å². The number of imide groups is 1. The molecule has 2 saturated heterocycles. The molecule has 5 atom stereocenters. The number of ether oxygens (including phenoxy) is 4. The fourth-order valence-corrected chi connectivity index (χ4v) is 6.09. The predicted molar refractivity (Wildman–Crippen MR) is 124 cm³/mol. The quantitative estimate of drug-likeness (QED) is 0.339. The van der Waals surface area contributed by atoms with Crippen LogP contribution < -0.4 is 0 Å². The lowest BCUT2D eigenvalue weighted by molar-refractivity contribution is -0.0268. The number of nitrogens with zero attached hydrogens (tertiary/aromatic N) is 1. The van der Waals surface area contributed by atoms with Crippen LogP contribution in [0.4, 0.5) is 9.59 Å². The minimum atomic E-state index is -3.58. The van der Waals surface area contributed by atoms with Crippen molar-refractivity contribution >= 4 is 22.0 Å². The smallest absolute Gasteiger partial charge is 0.419 e. The van der Waals surface area contributed by atoms with E-state index in [2.05, 4.69) is 6.58 Å². The second kappa shape index (κ2) is 11.8. The van der Waals surface area contributed by atoms with Crippen molar-refractivity contribution in [3.8, 4) is 0 Å². The lowest BCUT2D eigenvalue weighted by Crippen LogP contribution is -2.37. The van der Waals surface area contributed by atoms with Gasteiger partial charge in [-0.1, -0.05) is 37.6 Å². The molecular formula is C24H33NO8S. The van der Waals surface area contributed by atoms with Gasteiger partial charge in [-0.05, 0) is 25.0 Å². The zero-order valence-electron chi connectivity index (χ0n) is 19.6. The highest BCUT2D eigenvalue weighted by Crippen LogP contribution is 2.36. The molecule has 0 saturated carbocycles. The fourth-order valence-electron chi connectivity index (χ4n) is 4.41. The van der Waals surface area contributed by atoms with Crippen molar-refractivity contribution in [2.24, 2.45) is 5.92 Å². The number of unbranched alkanes of at least 4 members (excludes halogenated alkanes) is 1. The maximum absolute atomic E-state index is 13.1. The Morgan fingerprint density at radius 3 is 2.65 bits per heavy atom. The molecule has 2 amide bonds. The monoisotopic (exact) mass is 495 g/mol. The molecule has 2 heterocycles. The number of amides is 2. The van der Waals surface area contributed by atoms with Gasteiger partial charge in [0.1, 0.15) is 6.10 Å². The van der Waals surface area contributed by atoms with Crippen LogP contribution in [0.3, 0.4) is 0 Å². The molecule has 34 heavy (non-hydrogen) atoms. The van der Waals surface area contributed by atoms with Gasteiger partial charge in [0.15, 0.2) is 9.84 Å². The molecule has 1 aromatic rings. The van der Waals surface area contributed by atoms with E-state index in [4.69, 9.17) is 18.9 Å². The molecule has 9 nitrogen and oxygen atoms in total. The highest BCUT2D eigenvalue weighted by Gasteiger charge is 2.48. The third-order valence-electron chi connectivity index (χ3n) is 6.11. The van der Waals surface area contributed by atoms with E-state index in [1.54, 1.807) is 36.4 Å². The Morgan fingerprint density at radius 1 is 1.26 bits per heavy atom. The Hall–Kier alpha value is -2.43. The average molecular weight is 496 g/mol. The number of methoxy groups -OCH3 is 1. The first-order chi connectivity index (χ1) is 16.3. The summed E-state index contributed by atoms with van der Waals surface area (Å²) in [5.41, 5.74) is 0. The molecule has 0 unspecified atom stereocenters. The Balaban J connectivity index is 1.69. The van der Waals surface area contributed by atoms with Crippen LogP contribution in [0.25, 0.3) is 0 Å². The maximum Gasteiger partial charge on any atom is 0.419 e. The summed E-state index contributed by atoms with van der Waals surface area (Å²) in [6.45, 7) is 6.02. The molecular weight excluding hydrogens is 462 g/mol. The Bertz CT molecular complexity index is 951. The van der Waals surface area contributed by atoms with Crippen LogP contribution in [0.2, 0.25) is 0 Å². The van der Waals surface area contributed by atoms with E-state index in [1.165, 1.54) is 7.11 Å². The van der Waals surface area contributed by atoms with Crippen LogP contribution in [0.15, 0.2) is 47.9 Å². The fraction of sp³-hybridized carbons (Fsp3) is 0.583. The number of benzene rings is 1. The molecule has 0 spiro atoms. The Morgan fingerprint density at radius 2 is 2.00 bits per heavy atom. The van der Waals surface area contributed by atoms with Crippen molar-refractivity contribution < 1.29 is 37.0 Å². The highest BCUT2D eigenvalue weighted by atomic mass is 32.2. The summed E-state index contributed by atoms with van der Waals surface area (Å²) in [4.78, 5) is 25.6. The van der Waals surface area contributed by atoms with Gasteiger partial charge in [0.25, 0.3) is 0 Å². The summed E-state index contributed by atoms with van der Waals surface area (Å²) >= 11 is 0. The molecule has 2 aliphatic rings. The zero-order chi connectivity index (χ0) is 24.7. The van der Waals surface area contributed by atoms with Crippen LogP contribution in [-0.4, -0.2) is 75.9 Å². The summed E-state index contributed by atoms with van der Waals surface area (Å²) in [6, 6.07) is 8.27. The third kappa shape index (κ3) is 6.17. The average Bonchev–Trinajstić information content (AvgIpc) is 3.33. The number of carbonyl (C=O) groups is 2. The van der Waals surface area contributed by atoms with Crippen molar-refractivity contribution in [3.63, 3.8) is 0 Å². The lowest BCUT2D eigenvalue weighted by atomic mass is 9.94. The normalized spacial score (nSPS) is 26.9. The number of sulfone groups is 1. The van der Waals surface area contributed by atoms with Crippen molar-refractivity contribution in [1.29, 1.82) is 0 Å². The van der Waals surface area contributed by atoms with Crippen molar-refractivity contribution in [2.75, 3.05) is 26.0 Å². The molecule has 2 aliphatic heterocycles. The van der Waals surface area contributed by atoms with Gasteiger partial charge in [-0.15, -0.1) is 6.58 Å². The molecule has 188 valence electrons. The van der Waals surface area contributed by atoms with Gasteiger partial charge in [0.05, 0.1) is 42.1 Å². The first-order valence-electron chi connectivity index (χ1n) is 11.5. The van der Waals surface area contributed by atoms with Gasteiger partial charge in [0, 0.05) is 19.4 Å². The molecule has 0 N–H and O–H groups in total. The van der Waals surface area contributed by atoms with Crippen LogP contribution in [-0.2, 0) is 28.8 Å². The lowest BCUT2D eigenvalue weighted by Gasteiger charge is -2.23. The van der Waals surface area contributed by atoms with Crippen LogP contribution >= 0.6 is 0 Å². The van der Waals surface area contributed by atoms with E-state index < -0.39 is 52.4 Å². The molecule has 3 rings (SSSR count). The van der Waals surface area contributed by atoms with Gasteiger partial charge in [-0.25, -0.2) is 22.9 Å². The second-order valence-electron chi connectivity index (χ2n) is 8.52. The van der Waals surface area contributed by atoms with Gasteiger partial charge < -0.3 is 18.9 Å². The van der Waals surface area contributed by atoms with Gasteiger partial charge in [0.2, 0.25) is 0 Å². The number of hydrogen-bond donors (Lipinski definition) is 0. The van der Waals surface area contributed by atoms with Gasteiger partial charge >= 0.3 is 12.2 Å². The van der Waals surface area contributed by atoms with Crippen molar-refractivity contribution in [1.82, 2.24) is 4.90 Å². The standard InChI is InChI=1S/C24H33NO8S/c1-4-6-13-31-23(26)25-15-17(32-24(25)27)14-21-22(30-3)19(20(33-21)10-5-2)16-34(28,29)18-11-8-7-9-12-18/h5,7-9,11-12,17,19-22H,2,4,6,10,13-16H2,1,3H3/t17-,19-,20-,21+,22+/m0/s1. The molecule has 1 aromatic carbocycles.